The van der Waals surface area contributed by atoms with E-state index < -0.39 is 0 Å². The second kappa shape index (κ2) is 10.7. The van der Waals surface area contributed by atoms with Crippen LogP contribution in [0, 0.1) is 6.92 Å². The van der Waals surface area contributed by atoms with Crippen LogP contribution < -0.4 is 10.6 Å². The lowest BCUT2D eigenvalue weighted by Gasteiger charge is -2.35. The van der Waals surface area contributed by atoms with Crippen molar-refractivity contribution in [3.8, 4) is 0 Å². The number of nitrogens with zero attached hydrogens (tertiary/aromatic N) is 3. The topological polar surface area (TPSA) is 61.8 Å². The summed E-state index contributed by atoms with van der Waals surface area (Å²) in [5.74, 6) is 0.902. The molecule has 1 fully saturated rings. The van der Waals surface area contributed by atoms with Crippen molar-refractivity contribution in [3.05, 3.63) is 16.1 Å². The van der Waals surface area contributed by atoms with Gasteiger partial charge in [0, 0.05) is 56.8 Å². The summed E-state index contributed by atoms with van der Waals surface area (Å²) in [6, 6.07) is 0. The Kier molecular flexibility index (Phi) is 8.64. The zero-order chi connectivity index (χ0) is 18.1. The normalized spacial score (nSPS) is 22.2. The van der Waals surface area contributed by atoms with Crippen LogP contribution in [0.15, 0.2) is 11.2 Å². The van der Waals surface area contributed by atoms with Gasteiger partial charge in [-0.05, 0) is 34.1 Å². The molecular weight excluding hydrogens is 334 g/mol. The molecule has 0 spiro atoms. The largest absolute Gasteiger partial charge is 0.373 e. The molecule has 0 saturated carbocycles. The van der Waals surface area contributed by atoms with Gasteiger partial charge in [0.2, 0.25) is 0 Å². The van der Waals surface area contributed by atoms with Crippen LogP contribution >= 0.6 is 11.3 Å². The van der Waals surface area contributed by atoms with Crippen LogP contribution in [0.1, 0.15) is 37.1 Å². The van der Waals surface area contributed by atoms with Gasteiger partial charge in [-0.15, -0.1) is 11.3 Å². The van der Waals surface area contributed by atoms with Gasteiger partial charge in [0.05, 0.1) is 17.2 Å². The zero-order valence-electron chi connectivity index (χ0n) is 16.0. The van der Waals surface area contributed by atoms with Crippen LogP contribution in [0.25, 0.3) is 0 Å². The fourth-order valence-corrected chi connectivity index (χ4v) is 3.89. The van der Waals surface area contributed by atoms with Gasteiger partial charge >= 0.3 is 0 Å². The van der Waals surface area contributed by atoms with Gasteiger partial charge in [0.1, 0.15) is 0 Å². The number of nitrogens with one attached hydrogen (secondary N) is 2. The zero-order valence-corrected chi connectivity index (χ0v) is 16.9. The number of hydrogen-bond donors (Lipinski definition) is 2. The van der Waals surface area contributed by atoms with E-state index in [2.05, 4.69) is 48.2 Å². The van der Waals surface area contributed by atoms with E-state index in [1.807, 2.05) is 6.20 Å². The number of ether oxygens (including phenoxy) is 1. The maximum Gasteiger partial charge on any atom is 0.191 e. The summed E-state index contributed by atoms with van der Waals surface area (Å²) in [5, 5.41) is 7.90. The highest BCUT2D eigenvalue weighted by Gasteiger charge is 2.21. The van der Waals surface area contributed by atoms with Gasteiger partial charge in [0.25, 0.3) is 0 Å². The van der Waals surface area contributed by atoms with Crippen molar-refractivity contribution < 1.29 is 4.74 Å². The number of aliphatic imine (C=N–C) groups is 1. The number of morpholine rings is 1. The third-order valence-corrected chi connectivity index (χ3v) is 5.01. The first-order valence-electron chi connectivity index (χ1n) is 9.38. The predicted octanol–water partition coefficient (Wildman–Crippen LogP) is 2.05. The molecule has 1 aromatic heterocycles. The molecule has 25 heavy (non-hydrogen) atoms. The molecule has 2 N–H and O–H groups in total. The summed E-state index contributed by atoms with van der Waals surface area (Å²) in [4.78, 5) is 12.8. The van der Waals surface area contributed by atoms with E-state index in [9.17, 15) is 0 Å². The van der Waals surface area contributed by atoms with E-state index in [0.717, 1.165) is 58.1 Å². The molecule has 0 aliphatic carbocycles. The first kappa shape index (κ1) is 20.1. The van der Waals surface area contributed by atoms with E-state index in [1.165, 1.54) is 9.88 Å². The number of hydrogen-bond acceptors (Lipinski definition) is 5. The van der Waals surface area contributed by atoms with Crippen molar-refractivity contribution in [3.63, 3.8) is 0 Å². The average molecular weight is 368 g/mol. The molecular formula is C18H33N5OS. The highest BCUT2D eigenvalue weighted by molar-refractivity contribution is 7.11. The summed E-state index contributed by atoms with van der Waals surface area (Å²) in [7, 11) is 0. The minimum atomic E-state index is 0.334. The standard InChI is InChI=1S/C18H33N5OS/c1-5-19-18(21-9-7-17-22-11-16(4)25-17)20-8-6-10-23-12-14(2)24-15(3)13-23/h11,14-15H,5-10,12-13H2,1-4H3,(H2,19,20,21). The average Bonchev–Trinajstić information content (AvgIpc) is 2.96. The molecule has 7 heteroatoms. The molecule has 1 aliphatic heterocycles. The fraction of sp³-hybridized carbons (Fsp3) is 0.778. The number of guanidine groups is 1. The third-order valence-electron chi connectivity index (χ3n) is 4.04. The van der Waals surface area contributed by atoms with Gasteiger partial charge in [-0.25, -0.2) is 4.98 Å². The van der Waals surface area contributed by atoms with E-state index in [1.54, 1.807) is 11.3 Å². The molecule has 142 valence electrons. The van der Waals surface area contributed by atoms with Crippen molar-refractivity contribution in [2.24, 2.45) is 4.99 Å². The Labute approximate surface area is 156 Å². The Morgan fingerprint density at radius 1 is 1.36 bits per heavy atom. The van der Waals surface area contributed by atoms with Crippen molar-refractivity contribution in [1.82, 2.24) is 20.5 Å². The monoisotopic (exact) mass is 367 g/mol. The molecule has 1 saturated heterocycles. The Bertz CT molecular complexity index is 523. The van der Waals surface area contributed by atoms with E-state index in [-0.39, 0.29) is 0 Å². The molecule has 0 radical (unpaired) electrons. The Hall–Kier alpha value is -1.18. The molecule has 6 nitrogen and oxygen atoms in total. The summed E-state index contributed by atoms with van der Waals surface area (Å²) in [6.07, 6.45) is 4.61. The summed E-state index contributed by atoms with van der Waals surface area (Å²) >= 11 is 1.76. The molecule has 2 atom stereocenters. The van der Waals surface area contributed by atoms with Gasteiger partial charge < -0.3 is 15.4 Å². The fourth-order valence-electron chi connectivity index (χ4n) is 3.10. The third kappa shape index (κ3) is 7.71. The van der Waals surface area contributed by atoms with Crippen molar-refractivity contribution >= 4 is 17.3 Å². The summed E-state index contributed by atoms with van der Waals surface area (Å²) in [6.45, 7) is 14.2. The lowest BCUT2D eigenvalue weighted by atomic mass is 10.2. The molecule has 1 aliphatic rings. The van der Waals surface area contributed by atoms with Crippen LogP contribution in [0.3, 0.4) is 0 Å². The first-order valence-corrected chi connectivity index (χ1v) is 10.2. The molecule has 2 heterocycles. The Morgan fingerprint density at radius 3 is 2.76 bits per heavy atom. The number of rotatable bonds is 8. The van der Waals surface area contributed by atoms with Crippen LogP contribution in [-0.2, 0) is 11.2 Å². The van der Waals surface area contributed by atoms with Gasteiger partial charge in [-0.1, -0.05) is 0 Å². The molecule has 1 aromatic rings. The first-order chi connectivity index (χ1) is 12.1. The lowest BCUT2D eigenvalue weighted by Crippen LogP contribution is -2.45. The second-order valence-corrected chi connectivity index (χ2v) is 7.99. The van der Waals surface area contributed by atoms with Crippen molar-refractivity contribution in [2.75, 3.05) is 39.3 Å². The molecule has 2 rings (SSSR count). The SMILES string of the molecule is CCNC(=NCCCN1CC(C)OC(C)C1)NCCc1ncc(C)s1. The highest BCUT2D eigenvalue weighted by Crippen LogP contribution is 2.11. The maximum absolute atomic E-state index is 5.78. The summed E-state index contributed by atoms with van der Waals surface area (Å²) < 4.78 is 5.78. The van der Waals surface area contributed by atoms with E-state index in [0.29, 0.717) is 12.2 Å². The minimum Gasteiger partial charge on any atom is -0.373 e. The Balaban J connectivity index is 1.67. The quantitative estimate of drug-likeness (QED) is 0.418. The van der Waals surface area contributed by atoms with Crippen LogP contribution in [0.2, 0.25) is 0 Å². The molecule has 0 aromatic carbocycles. The second-order valence-electron chi connectivity index (χ2n) is 6.67. The summed E-state index contributed by atoms with van der Waals surface area (Å²) in [5.41, 5.74) is 0. The van der Waals surface area contributed by atoms with Gasteiger partial charge in [-0.3, -0.25) is 9.89 Å². The Morgan fingerprint density at radius 2 is 2.12 bits per heavy atom. The highest BCUT2D eigenvalue weighted by atomic mass is 32.1. The number of aryl methyl sites for hydroxylation is 1. The van der Waals surface area contributed by atoms with Crippen molar-refractivity contribution in [1.29, 1.82) is 0 Å². The van der Waals surface area contributed by atoms with E-state index >= 15 is 0 Å². The lowest BCUT2D eigenvalue weighted by molar-refractivity contribution is -0.0679. The maximum atomic E-state index is 5.78. The molecule has 0 bridgehead atoms. The van der Waals surface area contributed by atoms with Gasteiger partial charge in [0.15, 0.2) is 5.96 Å². The molecule has 0 amide bonds. The van der Waals surface area contributed by atoms with E-state index in [4.69, 9.17) is 9.73 Å². The minimum absolute atomic E-state index is 0.334. The smallest absolute Gasteiger partial charge is 0.191 e. The number of aromatic nitrogens is 1. The number of thiazole rings is 1. The van der Waals surface area contributed by atoms with Crippen LogP contribution in [0.5, 0.6) is 0 Å². The molecule has 2 unspecified atom stereocenters. The van der Waals surface area contributed by atoms with Gasteiger partial charge in [-0.2, -0.15) is 0 Å². The van der Waals surface area contributed by atoms with Crippen molar-refractivity contribution in [2.45, 2.75) is 52.7 Å². The van der Waals surface area contributed by atoms with Crippen LogP contribution in [0.4, 0.5) is 0 Å². The predicted molar refractivity (Wildman–Crippen MR) is 106 cm³/mol. The van der Waals surface area contributed by atoms with Crippen LogP contribution in [-0.4, -0.2) is 67.3 Å².